The molecular weight excluding hydrogens is 285 g/mol. The van der Waals surface area contributed by atoms with Crippen molar-refractivity contribution in [3.63, 3.8) is 0 Å². The Hall–Kier alpha value is -1.20. The number of hydrogen-bond donors (Lipinski definition) is 1. The average molecular weight is 298 g/mol. The van der Waals surface area contributed by atoms with Crippen LogP contribution in [-0.2, 0) is 13.5 Å². The average Bonchev–Trinajstić information content (AvgIpc) is 2.63. The molecule has 90 valence electrons. The molecule has 2 rings (SSSR count). The van der Waals surface area contributed by atoms with E-state index in [-0.39, 0.29) is 11.9 Å². The van der Waals surface area contributed by atoms with Gasteiger partial charge in [-0.1, -0.05) is 15.9 Å². The van der Waals surface area contributed by atoms with E-state index in [2.05, 4.69) is 21.0 Å². The zero-order chi connectivity index (χ0) is 12.4. The molecule has 5 heteroatoms. The lowest BCUT2D eigenvalue weighted by molar-refractivity contribution is 0.617. The molecule has 0 spiro atoms. The monoisotopic (exact) mass is 297 g/mol. The second kappa shape index (κ2) is 4.98. The van der Waals surface area contributed by atoms with Gasteiger partial charge >= 0.3 is 0 Å². The zero-order valence-electron chi connectivity index (χ0n) is 9.40. The van der Waals surface area contributed by atoms with E-state index in [1.165, 1.54) is 12.1 Å². The highest BCUT2D eigenvalue weighted by Gasteiger charge is 2.11. The van der Waals surface area contributed by atoms with E-state index in [0.29, 0.717) is 6.42 Å². The van der Waals surface area contributed by atoms with Crippen LogP contribution in [0.3, 0.4) is 0 Å². The molecule has 2 N–H and O–H groups in total. The van der Waals surface area contributed by atoms with Crippen molar-refractivity contribution in [2.45, 2.75) is 12.5 Å². The van der Waals surface area contributed by atoms with Crippen LogP contribution in [0.4, 0.5) is 4.39 Å². The van der Waals surface area contributed by atoms with Crippen molar-refractivity contribution in [2.24, 2.45) is 12.8 Å². The minimum atomic E-state index is -0.261. The first-order chi connectivity index (χ1) is 8.04. The molecule has 0 radical (unpaired) electrons. The quantitative estimate of drug-likeness (QED) is 0.946. The SMILES string of the molecule is Cn1ccc(C(N)Cc2cc(F)cc(Br)c2)n1. The number of nitrogens with zero attached hydrogens (tertiary/aromatic N) is 2. The number of hydrogen-bond acceptors (Lipinski definition) is 2. The van der Waals surface area contributed by atoms with E-state index in [9.17, 15) is 4.39 Å². The lowest BCUT2D eigenvalue weighted by Gasteiger charge is -2.09. The summed E-state index contributed by atoms with van der Waals surface area (Å²) < 4.78 is 15.6. The van der Waals surface area contributed by atoms with E-state index in [0.717, 1.165) is 15.7 Å². The Morgan fingerprint density at radius 1 is 1.47 bits per heavy atom. The fourth-order valence-electron chi connectivity index (χ4n) is 1.72. The summed E-state index contributed by atoms with van der Waals surface area (Å²) in [6, 6.07) is 6.44. The molecule has 0 aliphatic rings. The first-order valence-corrected chi connectivity index (χ1v) is 6.04. The minimum Gasteiger partial charge on any atom is -0.322 e. The Balaban J connectivity index is 2.15. The molecule has 3 nitrogen and oxygen atoms in total. The van der Waals surface area contributed by atoms with Gasteiger partial charge in [0.2, 0.25) is 0 Å². The molecule has 0 fully saturated rings. The van der Waals surface area contributed by atoms with Crippen LogP contribution in [0.25, 0.3) is 0 Å². The molecule has 0 aliphatic heterocycles. The number of benzene rings is 1. The van der Waals surface area contributed by atoms with E-state index < -0.39 is 0 Å². The van der Waals surface area contributed by atoms with Crippen LogP contribution < -0.4 is 5.73 Å². The third-order valence-corrected chi connectivity index (χ3v) is 2.95. The number of aromatic nitrogens is 2. The summed E-state index contributed by atoms with van der Waals surface area (Å²) in [4.78, 5) is 0. The summed E-state index contributed by atoms with van der Waals surface area (Å²) >= 11 is 3.26. The molecule has 17 heavy (non-hydrogen) atoms. The van der Waals surface area contributed by atoms with Gasteiger partial charge in [0.15, 0.2) is 0 Å². The maximum atomic E-state index is 13.2. The lowest BCUT2D eigenvalue weighted by Crippen LogP contribution is -2.14. The van der Waals surface area contributed by atoms with Gasteiger partial charge in [0.05, 0.1) is 11.7 Å². The minimum absolute atomic E-state index is 0.218. The Bertz CT molecular complexity index is 504. The molecule has 1 aromatic carbocycles. The molecule has 0 bridgehead atoms. The fraction of sp³-hybridized carbons (Fsp3) is 0.250. The van der Waals surface area contributed by atoms with Crippen molar-refractivity contribution in [1.29, 1.82) is 0 Å². The van der Waals surface area contributed by atoms with Crippen molar-refractivity contribution in [3.05, 3.63) is 52.0 Å². The van der Waals surface area contributed by atoms with Crippen LogP contribution in [-0.4, -0.2) is 9.78 Å². The van der Waals surface area contributed by atoms with Gasteiger partial charge in [-0.2, -0.15) is 5.10 Å². The van der Waals surface area contributed by atoms with Crippen LogP contribution in [0.2, 0.25) is 0 Å². The number of halogens is 2. The first-order valence-electron chi connectivity index (χ1n) is 5.24. The fourth-order valence-corrected chi connectivity index (χ4v) is 2.23. The predicted molar refractivity (Wildman–Crippen MR) is 67.9 cm³/mol. The molecule has 1 unspecified atom stereocenters. The lowest BCUT2D eigenvalue weighted by atomic mass is 10.0. The summed E-state index contributed by atoms with van der Waals surface area (Å²) in [5.74, 6) is -0.261. The second-order valence-electron chi connectivity index (χ2n) is 4.00. The molecular formula is C12H13BrFN3. The van der Waals surface area contributed by atoms with Crippen LogP contribution in [0.15, 0.2) is 34.9 Å². The first kappa shape index (κ1) is 12.3. The Morgan fingerprint density at radius 3 is 2.82 bits per heavy atom. The van der Waals surface area contributed by atoms with E-state index in [1.807, 2.05) is 25.4 Å². The van der Waals surface area contributed by atoms with Crippen LogP contribution >= 0.6 is 15.9 Å². The van der Waals surface area contributed by atoms with Crippen molar-refractivity contribution >= 4 is 15.9 Å². The standard InChI is InChI=1S/C12H13BrFN3/c1-17-3-2-12(16-17)11(15)6-8-4-9(13)7-10(14)5-8/h2-5,7,11H,6,15H2,1H3. The van der Waals surface area contributed by atoms with E-state index >= 15 is 0 Å². The molecule has 2 aromatic rings. The summed E-state index contributed by atoms with van der Waals surface area (Å²) in [5, 5.41) is 4.24. The summed E-state index contributed by atoms with van der Waals surface area (Å²) in [6.07, 6.45) is 2.41. The Kier molecular flexibility index (Phi) is 3.59. The normalized spacial score (nSPS) is 12.7. The summed E-state index contributed by atoms with van der Waals surface area (Å²) in [6.45, 7) is 0. The Labute approximate surface area is 108 Å². The van der Waals surface area contributed by atoms with Gasteiger partial charge in [0.1, 0.15) is 5.82 Å². The topological polar surface area (TPSA) is 43.8 Å². The van der Waals surface area contributed by atoms with Crippen LogP contribution in [0, 0.1) is 5.82 Å². The highest BCUT2D eigenvalue weighted by molar-refractivity contribution is 9.10. The van der Waals surface area contributed by atoms with Crippen molar-refractivity contribution in [2.75, 3.05) is 0 Å². The van der Waals surface area contributed by atoms with E-state index in [4.69, 9.17) is 5.73 Å². The van der Waals surface area contributed by atoms with Crippen LogP contribution in [0.1, 0.15) is 17.3 Å². The van der Waals surface area contributed by atoms with Crippen molar-refractivity contribution < 1.29 is 4.39 Å². The van der Waals surface area contributed by atoms with E-state index in [1.54, 1.807) is 4.68 Å². The number of rotatable bonds is 3. The molecule has 1 atom stereocenters. The third kappa shape index (κ3) is 3.14. The molecule has 1 heterocycles. The van der Waals surface area contributed by atoms with Crippen molar-refractivity contribution in [3.8, 4) is 0 Å². The zero-order valence-corrected chi connectivity index (χ0v) is 11.0. The van der Waals surface area contributed by atoms with Gasteiger partial charge in [0.25, 0.3) is 0 Å². The predicted octanol–water partition coefficient (Wildman–Crippen LogP) is 2.56. The maximum absolute atomic E-state index is 13.2. The molecule has 0 amide bonds. The van der Waals surface area contributed by atoms with Gasteiger partial charge in [-0.05, 0) is 36.2 Å². The maximum Gasteiger partial charge on any atom is 0.124 e. The second-order valence-corrected chi connectivity index (χ2v) is 4.92. The smallest absolute Gasteiger partial charge is 0.124 e. The van der Waals surface area contributed by atoms with Crippen LogP contribution in [0.5, 0.6) is 0 Å². The van der Waals surface area contributed by atoms with Gasteiger partial charge in [-0.3, -0.25) is 4.68 Å². The highest BCUT2D eigenvalue weighted by Crippen LogP contribution is 2.19. The highest BCUT2D eigenvalue weighted by atomic mass is 79.9. The van der Waals surface area contributed by atoms with Gasteiger partial charge in [-0.15, -0.1) is 0 Å². The van der Waals surface area contributed by atoms with Gasteiger partial charge in [0, 0.05) is 17.7 Å². The summed E-state index contributed by atoms with van der Waals surface area (Å²) in [5.41, 5.74) is 7.70. The van der Waals surface area contributed by atoms with Gasteiger partial charge < -0.3 is 5.73 Å². The van der Waals surface area contributed by atoms with Gasteiger partial charge in [-0.25, -0.2) is 4.39 Å². The number of nitrogens with two attached hydrogens (primary N) is 1. The molecule has 0 saturated heterocycles. The Morgan fingerprint density at radius 2 is 2.24 bits per heavy atom. The molecule has 0 saturated carbocycles. The molecule has 1 aromatic heterocycles. The third-order valence-electron chi connectivity index (χ3n) is 2.49. The molecule has 0 aliphatic carbocycles. The summed E-state index contributed by atoms with van der Waals surface area (Å²) in [7, 11) is 1.84. The largest absolute Gasteiger partial charge is 0.322 e. The van der Waals surface area contributed by atoms with Crippen molar-refractivity contribution in [1.82, 2.24) is 9.78 Å². The number of aryl methyl sites for hydroxylation is 1.